The van der Waals surface area contributed by atoms with Gasteiger partial charge in [0, 0.05) is 6.04 Å². The van der Waals surface area contributed by atoms with Gasteiger partial charge in [0.1, 0.15) is 4.90 Å². The number of rotatable bonds is 4. The maximum Gasteiger partial charge on any atom is 0.243 e. The molecule has 0 aromatic heterocycles. The molecular weight excluding hydrogens is 284 g/mol. The minimum atomic E-state index is -3.66. The molecule has 0 aliphatic rings. The largest absolute Gasteiger partial charge is 0.398 e. The van der Waals surface area contributed by atoms with Crippen molar-refractivity contribution in [1.82, 2.24) is 4.72 Å². The molecular formula is C16H20N2O2S. The molecule has 2 rings (SSSR count). The van der Waals surface area contributed by atoms with Gasteiger partial charge in [0.15, 0.2) is 0 Å². The molecule has 0 amide bonds. The predicted octanol–water partition coefficient (Wildman–Crippen LogP) is 2.93. The lowest BCUT2D eigenvalue weighted by atomic mass is 10.0. The van der Waals surface area contributed by atoms with E-state index in [2.05, 4.69) is 4.72 Å². The lowest BCUT2D eigenvalue weighted by Gasteiger charge is -2.18. The molecule has 5 heteroatoms. The first kappa shape index (κ1) is 15.5. The van der Waals surface area contributed by atoms with Crippen LogP contribution in [0.15, 0.2) is 47.4 Å². The van der Waals surface area contributed by atoms with Crippen LogP contribution in [0.1, 0.15) is 29.7 Å². The normalized spacial score (nSPS) is 13.1. The third-order valence-corrected chi connectivity index (χ3v) is 5.26. The summed E-state index contributed by atoms with van der Waals surface area (Å²) in [5.41, 5.74) is 8.73. The molecule has 2 aromatic carbocycles. The van der Waals surface area contributed by atoms with Gasteiger partial charge in [-0.15, -0.1) is 0 Å². The number of sulfonamides is 1. The zero-order valence-corrected chi connectivity index (χ0v) is 13.2. The van der Waals surface area contributed by atoms with Crippen molar-refractivity contribution in [3.63, 3.8) is 0 Å². The summed E-state index contributed by atoms with van der Waals surface area (Å²) < 4.78 is 27.9. The molecule has 0 spiro atoms. The lowest BCUT2D eigenvalue weighted by Crippen LogP contribution is -2.28. The Morgan fingerprint density at radius 3 is 2.24 bits per heavy atom. The second-order valence-electron chi connectivity index (χ2n) is 5.19. The zero-order valence-electron chi connectivity index (χ0n) is 12.4. The van der Waals surface area contributed by atoms with Gasteiger partial charge in [0.05, 0.1) is 5.69 Å². The highest BCUT2D eigenvalue weighted by Gasteiger charge is 2.23. The summed E-state index contributed by atoms with van der Waals surface area (Å²) in [4.78, 5) is 0.158. The van der Waals surface area contributed by atoms with Crippen LogP contribution in [0, 0.1) is 13.8 Å². The topological polar surface area (TPSA) is 72.2 Å². The summed E-state index contributed by atoms with van der Waals surface area (Å²) in [5.74, 6) is 0. The van der Waals surface area contributed by atoms with Crippen molar-refractivity contribution < 1.29 is 8.42 Å². The monoisotopic (exact) mass is 304 g/mol. The summed E-state index contributed by atoms with van der Waals surface area (Å²) in [7, 11) is -3.66. The van der Waals surface area contributed by atoms with E-state index in [1.54, 1.807) is 25.1 Å². The Balaban J connectivity index is 2.36. The Labute approximate surface area is 126 Å². The number of aryl methyl sites for hydroxylation is 2. The number of benzene rings is 2. The maximum absolute atomic E-state index is 12.6. The molecule has 4 nitrogen and oxygen atoms in total. The van der Waals surface area contributed by atoms with E-state index < -0.39 is 10.0 Å². The lowest BCUT2D eigenvalue weighted by molar-refractivity contribution is 0.566. The van der Waals surface area contributed by atoms with E-state index in [0.717, 1.165) is 11.1 Å². The Hall–Kier alpha value is -1.85. The molecule has 21 heavy (non-hydrogen) atoms. The third-order valence-electron chi connectivity index (χ3n) is 3.50. The van der Waals surface area contributed by atoms with Crippen LogP contribution >= 0.6 is 0 Å². The van der Waals surface area contributed by atoms with E-state index in [1.165, 1.54) is 0 Å². The average Bonchev–Trinajstić information content (AvgIpc) is 2.37. The van der Waals surface area contributed by atoms with Crippen LogP contribution in [0.3, 0.4) is 0 Å². The average molecular weight is 304 g/mol. The first-order chi connectivity index (χ1) is 9.83. The molecule has 0 bridgehead atoms. The Kier molecular flexibility index (Phi) is 4.34. The molecule has 0 radical (unpaired) electrons. The molecule has 112 valence electrons. The van der Waals surface area contributed by atoms with E-state index >= 15 is 0 Å². The Morgan fingerprint density at radius 1 is 1.00 bits per heavy atom. The number of hydrogen-bond donors (Lipinski definition) is 2. The minimum absolute atomic E-state index is 0.158. The van der Waals surface area contributed by atoms with Crippen LogP contribution in [0.25, 0.3) is 0 Å². The van der Waals surface area contributed by atoms with Crippen LogP contribution in [0.2, 0.25) is 0 Å². The summed E-state index contributed by atoms with van der Waals surface area (Å²) in [6.07, 6.45) is 0. The van der Waals surface area contributed by atoms with E-state index in [0.29, 0.717) is 5.56 Å². The van der Waals surface area contributed by atoms with Gasteiger partial charge in [-0.3, -0.25) is 0 Å². The Morgan fingerprint density at radius 2 is 1.62 bits per heavy atom. The number of nitrogen functional groups attached to an aromatic ring is 1. The number of nitrogens with one attached hydrogen (secondary N) is 1. The van der Waals surface area contributed by atoms with E-state index in [-0.39, 0.29) is 16.6 Å². The van der Waals surface area contributed by atoms with E-state index in [9.17, 15) is 8.42 Å². The standard InChI is InChI=1S/C16H20N2O2S/c1-11-7-4-5-9-14(11)13(3)18-21(19,20)16-12(2)8-6-10-15(16)17/h4-10,13,18H,17H2,1-3H3. The second kappa shape index (κ2) is 5.87. The van der Waals surface area contributed by atoms with Crippen LogP contribution < -0.4 is 10.5 Å². The second-order valence-corrected chi connectivity index (χ2v) is 6.84. The molecule has 3 N–H and O–H groups in total. The first-order valence-electron chi connectivity index (χ1n) is 6.76. The third kappa shape index (κ3) is 3.25. The summed E-state index contributed by atoms with van der Waals surface area (Å²) in [6, 6.07) is 12.5. The van der Waals surface area contributed by atoms with Crippen molar-refractivity contribution in [2.45, 2.75) is 31.7 Å². The van der Waals surface area contributed by atoms with Crippen molar-refractivity contribution in [2.24, 2.45) is 0 Å². The predicted molar refractivity (Wildman–Crippen MR) is 85.5 cm³/mol. The fourth-order valence-corrected chi connectivity index (χ4v) is 4.05. The highest BCUT2D eigenvalue weighted by atomic mass is 32.2. The van der Waals surface area contributed by atoms with Gasteiger partial charge >= 0.3 is 0 Å². The first-order valence-corrected chi connectivity index (χ1v) is 8.24. The minimum Gasteiger partial charge on any atom is -0.398 e. The van der Waals surface area contributed by atoms with Crippen LogP contribution in [-0.2, 0) is 10.0 Å². The molecule has 1 unspecified atom stereocenters. The quantitative estimate of drug-likeness (QED) is 0.853. The van der Waals surface area contributed by atoms with E-state index in [4.69, 9.17) is 5.73 Å². The summed E-state index contributed by atoms with van der Waals surface area (Å²) in [5, 5.41) is 0. The molecule has 0 saturated carbocycles. The van der Waals surface area contributed by atoms with Crippen molar-refractivity contribution in [2.75, 3.05) is 5.73 Å². The number of nitrogens with two attached hydrogens (primary N) is 1. The van der Waals surface area contributed by atoms with Crippen LogP contribution in [0.4, 0.5) is 5.69 Å². The molecule has 2 aromatic rings. The van der Waals surface area contributed by atoms with Gasteiger partial charge in [-0.25, -0.2) is 13.1 Å². The maximum atomic E-state index is 12.6. The van der Waals surface area contributed by atoms with Crippen molar-refractivity contribution in [1.29, 1.82) is 0 Å². The van der Waals surface area contributed by atoms with Crippen molar-refractivity contribution >= 4 is 15.7 Å². The SMILES string of the molecule is Cc1ccccc1C(C)NS(=O)(=O)c1c(C)cccc1N. The Bertz CT molecular complexity index is 734. The number of anilines is 1. The zero-order chi connectivity index (χ0) is 15.6. The molecule has 0 heterocycles. The molecule has 0 saturated heterocycles. The number of hydrogen-bond acceptors (Lipinski definition) is 3. The highest BCUT2D eigenvalue weighted by Crippen LogP contribution is 2.25. The molecule has 0 aliphatic carbocycles. The van der Waals surface area contributed by atoms with Gasteiger partial charge in [-0.2, -0.15) is 0 Å². The van der Waals surface area contributed by atoms with Crippen molar-refractivity contribution in [3.05, 3.63) is 59.2 Å². The van der Waals surface area contributed by atoms with Gasteiger partial charge in [-0.1, -0.05) is 36.4 Å². The fraction of sp³-hybridized carbons (Fsp3) is 0.250. The van der Waals surface area contributed by atoms with Gasteiger partial charge in [0.2, 0.25) is 10.0 Å². The molecule has 1 atom stereocenters. The van der Waals surface area contributed by atoms with E-state index in [1.807, 2.05) is 38.1 Å². The van der Waals surface area contributed by atoms with Gasteiger partial charge in [-0.05, 0) is 43.5 Å². The molecule has 0 aliphatic heterocycles. The summed E-state index contributed by atoms with van der Waals surface area (Å²) >= 11 is 0. The summed E-state index contributed by atoms with van der Waals surface area (Å²) in [6.45, 7) is 5.53. The fourth-order valence-electron chi connectivity index (χ4n) is 2.47. The highest BCUT2D eigenvalue weighted by molar-refractivity contribution is 7.89. The van der Waals surface area contributed by atoms with Gasteiger partial charge in [0.25, 0.3) is 0 Å². The van der Waals surface area contributed by atoms with Gasteiger partial charge < -0.3 is 5.73 Å². The van der Waals surface area contributed by atoms with Crippen molar-refractivity contribution in [3.8, 4) is 0 Å². The van der Waals surface area contributed by atoms with Crippen LogP contribution in [0.5, 0.6) is 0 Å². The smallest absolute Gasteiger partial charge is 0.243 e. The molecule has 0 fully saturated rings. The van der Waals surface area contributed by atoms with Crippen LogP contribution in [-0.4, -0.2) is 8.42 Å².